The Balaban J connectivity index is 1.59. The molecule has 1 unspecified atom stereocenters. The van der Waals surface area contributed by atoms with Gasteiger partial charge in [0.15, 0.2) is 0 Å². The van der Waals surface area contributed by atoms with Gasteiger partial charge in [0.2, 0.25) is 17.7 Å². The second kappa shape index (κ2) is 7.82. The van der Waals surface area contributed by atoms with Crippen molar-refractivity contribution in [3.05, 3.63) is 60.2 Å². The minimum absolute atomic E-state index is 0.0721. The maximum atomic E-state index is 12.4. The number of hydrogen-bond donors (Lipinski definition) is 2. The highest BCUT2D eigenvalue weighted by Crippen LogP contribution is 2.26. The van der Waals surface area contributed by atoms with Gasteiger partial charge >= 0.3 is 0 Å². The van der Waals surface area contributed by atoms with Crippen molar-refractivity contribution in [1.82, 2.24) is 5.32 Å². The number of anilines is 2. The minimum Gasteiger partial charge on any atom is -0.352 e. The number of rotatable bonds is 5. The summed E-state index contributed by atoms with van der Waals surface area (Å²) in [5.74, 6) is -0.692. The van der Waals surface area contributed by atoms with Crippen LogP contribution in [0.4, 0.5) is 11.4 Å². The van der Waals surface area contributed by atoms with E-state index in [2.05, 4.69) is 10.6 Å². The van der Waals surface area contributed by atoms with Crippen LogP contribution in [0.1, 0.15) is 18.9 Å². The maximum absolute atomic E-state index is 12.4. The fourth-order valence-corrected chi connectivity index (χ4v) is 2.99. The predicted molar refractivity (Wildman–Crippen MR) is 99.5 cm³/mol. The summed E-state index contributed by atoms with van der Waals surface area (Å²) in [4.78, 5) is 37.4. The van der Waals surface area contributed by atoms with Crippen LogP contribution in [-0.4, -0.2) is 24.3 Å². The third kappa shape index (κ3) is 4.27. The smallest absolute Gasteiger partial charge is 0.227 e. The highest BCUT2D eigenvalue weighted by atomic mass is 16.2. The third-order valence-corrected chi connectivity index (χ3v) is 4.30. The van der Waals surface area contributed by atoms with Gasteiger partial charge in [-0.3, -0.25) is 14.4 Å². The lowest BCUT2D eigenvalue weighted by atomic mass is 10.1. The molecule has 134 valence electrons. The Morgan fingerprint density at radius 1 is 1.08 bits per heavy atom. The standard InChI is InChI=1S/C20H21N3O3/c1-14(24)22-17-7-9-18(10-8-17)23-13-16(11-19(23)25)20(26)21-12-15-5-3-2-4-6-15/h2-10,16H,11-13H2,1H3,(H,21,26)(H,22,24). The molecule has 1 saturated heterocycles. The Bertz CT molecular complexity index is 803. The summed E-state index contributed by atoms with van der Waals surface area (Å²) in [6.45, 7) is 2.26. The Kier molecular flexibility index (Phi) is 5.31. The Labute approximate surface area is 152 Å². The van der Waals surface area contributed by atoms with Crippen LogP contribution in [0.25, 0.3) is 0 Å². The molecule has 0 aliphatic carbocycles. The number of carbonyl (C=O) groups is 3. The molecular formula is C20H21N3O3. The summed E-state index contributed by atoms with van der Waals surface area (Å²) in [5, 5.41) is 5.59. The largest absolute Gasteiger partial charge is 0.352 e. The fraction of sp³-hybridized carbons (Fsp3) is 0.250. The second-order valence-electron chi connectivity index (χ2n) is 6.34. The van der Waals surface area contributed by atoms with Crippen molar-refractivity contribution in [2.24, 2.45) is 5.92 Å². The quantitative estimate of drug-likeness (QED) is 0.868. The topological polar surface area (TPSA) is 78.5 Å². The lowest BCUT2D eigenvalue weighted by Crippen LogP contribution is -2.32. The first-order valence-electron chi connectivity index (χ1n) is 8.52. The van der Waals surface area contributed by atoms with Crippen LogP contribution in [0.5, 0.6) is 0 Å². The highest BCUT2D eigenvalue weighted by molar-refractivity contribution is 6.00. The van der Waals surface area contributed by atoms with Gasteiger partial charge in [0, 0.05) is 37.8 Å². The molecule has 6 heteroatoms. The Hall–Kier alpha value is -3.15. The molecule has 6 nitrogen and oxygen atoms in total. The van der Waals surface area contributed by atoms with Crippen molar-refractivity contribution >= 4 is 29.1 Å². The molecule has 3 amide bonds. The normalized spacial score (nSPS) is 16.4. The van der Waals surface area contributed by atoms with E-state index < -0.39 is 0 Å². The van der Waals surface area contributed by atoms with Gasteiger partial charge < -0.3 is 15.5 Å². The van der Waals surface area contributed by atoms with E-state index in [-0.39, 0.29) is 30.1 Å². The van der Waals surface area contributed by atoms with Crippen LogP contribution in [-0.2, 0) is 20.9 Å². The molecular weight excluding hydrogens is 330 g/mol. The predicted octanol–water partition coefficient (Wildman–Crippen LogP) is 2.31. The molecule has 2 N–H and O–H groups in total. The molecule has 0 radical (unpaired) electrons. The van der Waals surface area contributed by atoms with Crippen molar-refractivity contribution in [3.63, 3.8) is 0 Å². The number of hydrogen-bond acceptors (Lipinski definition) is 3. The van der Waals surface area contributed by atoms with Gasteiger partial charge in [0.25, 0.3) is 0 Å². The van der Waals surface area contributed by atoms with E-state index in [9.17, 15) is 14.4 Å². The van der Waals surface area contributed by atoms with Gasteiger partial charge in [-0.15, -0.1) is 0 Å². The molecule has 1 aliphatic heterocycles. The van der Waals surface area contributed by atoms with E-state index in [0.717, 1.165) is 11.3 Å². The number of nitrogens with one attached hydrogen (secondary N) is 2. The zero-order valence-electron chi connectivity index (χ0n) is 14.6. The fourth-order valence-electron chi connectivity index (χ4n) is 2.99. The van der Waals surface area contributed by atoms with Gasteiger partial charge in [-0.05, 0) is 29.8 Å². The molecule has 0 bridgehead atoms. The molecule has 1 aliphatic rings. The summed E-state index contributed by atoms with van der Waals surface area (Å²) in [5.41, 5.74) is 2.42. The van der Waals surface area contributed by atoms with Crippen molar-refractivity contribution in [1.29, 1.82) is 0 Å². The van der Waals surface area contributed by atoms with Gasteiger partial charge in [-0.1, -0.05) is 30.3 Å². The lowest BCUT2D eigenvalue weighted by molar-refractivity contribution is -0.126. The summed E-state index contributed by atoms with van der Waals surface area (Å²) >= 11 is 0. The van der Waals surface area contributed by atoms with Crippen LogP contribution < -0.4 is 15.5 Å². The first kappa shape index (κ1) is 17.7. The van der Waals surface area contributed by atoms with Crippen molar-refractivity contribution in [2.75, 3.05) is 16.8 Å². The van der Waals surface area contributed by atoms with Gasteiger partial charge in [-0.25, -0.2) is 0 Å². The SMILES string of the molecule is CC(=O)Nc1ccc(N2CC(C(=O)NCc3ccccc3)CC2=O)cc1. The minimum atomic E-state index is -0.360. The van der Waals surface area contributed by atoms with Crippen LogP contribution in [0.2, 0.25) is 0 Å². The van der Waals surface area contributed by atoms with Gasteiger partial charge in [-0.2, -0.15) is 0 Å². The summed E-state index contributed by atoms with van der Waals surface area (Å²) < 4.78 is 0. The first-order valence-corrected chi connectivity index (χ1v) is 8.52. The van der Waals surface area contributed by atoms with Crippen LogP contribution in [0.3, 0.4) is 0 Å². The second-order valence-corrected chi connectivity index (χ2v) is 6.34. The Morgan fingerprint density at radius 3 is 2.42 bits per heavy atom. The zero-order valence-corrected chi connectivity index (χ0v) is 14.6. The van der Waals surface area contributed by atoms with Crippen LogP contribution in [0.15, 0.2) is 54.6 Å². The molecule has 0 saturated carbocycles. The van der Waals surface area contributed by atoms with Crippen molar-refractivity contribution < 1.29 is 14.4 Å². The zero-order chi connectivity index (χ0) is 18.5. The number of nitrogens with zero attached hydrogens (tertiary/aromatic N) is 1. The summed E-state index contributed by atoms with van der Waals surface area (Å²) in [7, 11) is 0. The molecule has 2 aromatic carbocycles. The van der Waals surface area contributed by atoms with Gasteiger partial charge in [0.1, 0.15) is 0 Å². The molecule has 1 atom stereocenters. The summed E-state index contributed by atoms with van der Waals surface area (Å²) in [6, 6.07) is 16.7. The maximum Gasteiger partial charge on any atom is 0.227 e. The summed E-state index contributed by atoms with van der Waals surface area (Å²) in [6.07, 6.45) is 0.202. The lowest BCUT2D eigenvalue weighted by Gasteiger charge is -2.17. The third-order valence-electron chi connectivity index (χ3n) is 4.30. The molecule has 0 spiro atoms. The number of amides is 3. The van der Waals surface area contributed by atoms with Crippen molar-refractivity contribution in [3.8, 4) is 0 Å². The molecule has 0 aromatic heterocycles. The van der Waals surface area contributed by atoms with E-state index in [4.69, 9.17) is 0 Å². The van der Waals surface area contributed by atoms with E-state index in [1.165, 1.54) is 6.92 Å². The molecule has 26 heavy (non-hydrogen) atoms. The van der Waals surface area contributed by atoms with E-state index >= 15 is 0 Å². The first-order chi connectivity index (χ1) is 12.5. The molecule has 3 rings (SSSR count). The highest BCUT2D eigenvalue weighted by Gasteiger charge is 2.34. The average molecular weight is 351 g/mol. The van der Waals surface area contributed by atoms with Gasteiger partial charge in [0.05, 0.1) is 5.92 Å². The van der Waals surface area contributed by atoms with E-state index in [1.807, 2.05) is 30.3 Å². The van der Waals surface area contributed by atoms with Crippen LogP contribution in [0, 0.1) is 5.92 Å². The van der Waals surface area contributed by atoms with E-state index in [0.29, 0.717) is 18.8 Å². The number of benzene rings is 2. The molecule has 1 heterocycles. The molecule has 1 fully saturated rings. The average Bonchev–Trinajstić information content (AvgIpc) is 3.02. The number of carbonyl (C=O) groups excluding carboxylic acids is 3. The molecule has 2 aromatic rings. The Morgan fingerprint density at radius 2 is 1.77 bits per heavy atom. The van der Waals surface area contributed by atoms with E-state index in [1.54, 1.807) is 29.2 Å². The monoisotopic (exact) mass is 351 g/mol. The van der Waals surface area contributed by atoms with Crippen molar-refractivity contribution in [2.45, 2.75) is 19.9 Å². The van der Waals surface area contributed by atoms with Crippen LogP contribution >= 0.6 is 0 Å².